The van der Waals surface area contributed by atoms with E-state index >= 15 is 0 Å². The fraction of sp³-hybridized carbons (Fsp3) is 1.00. The maximum atomic E-state index is 8.41. The Morgan fingerprint density at radius 2 is 2.17 bits per heavy atom. The van der Waals surface area contributed by atoms with Gasteiger partial charge in [0, 0.05) is 12.6 Å². The van der Waals surface area contributed by atoms with Crippen molar-refractivity contribution in [3.8, 4) is 0 Å². The Kier molecular flexibility index (Phi) is 8.88. The average molecular weight is 175 g/mol. The van der Waals surface area contributed by atoms with Gasteiger partial charge in [0.2, 0.25) is 0 Å². The Hall–Kier alpha value is -0.120. The lowest BCUT2D eigenvalue weighted by atomic mass is 10.2. The first-order valence-corrected chi connectivity index (χ1v) is 4.73. The van der Waals surface area contributed by atoms with E-state index in [-0.39, 0.29) is 6.61 Å². The molecule has 0 aromatic rings. The summed E-state index contributed by atoms with van der Waals surface area (Å²) >= 11 is 0. The maximum absolute atomic E-state index is 8.41. The fourth-order valence-electron chi connectivity index (χ4n) is 0.834. The quantitative estimate of drug-likeness (QED) is 0.535. The van der Waals surface area contributed by atoms with Crippen LogP contribution in [0.1, 0.15) is 26.7 Å². The van der Waals surface area contributed by atoms with Gasteiger partial charge in [-0.15, -0.1) is 0 Å². The van der Waals surface area contributed by atoms with Crippen molar-refractivity contribution < 1.29 is 9.84 Å². The van der Waals surface area contributed by atoms with Gasteiger partial charge in [0.15, 0.2) is 0 Å². The predicted molar refractivity (Wildman–Crippen MR) is 50.3 cm³/mol. The summed E-state index contributed by atoms with van der Waals surface area (Å²) in [5.41, 5.74) is 0. The van der Waals surface area contributed by atoms with E-state index in [9.17, 15) is 0 Å². The van der Waals surface area contributed by atoms with Crippen LogP contribution in [0.15, 0.2) is 0 Å². The van der Waals surface area contributed by atoms with Gasteiger partial charge in [-0.3, -0.25) is 0 Å². The molecule has 0 aromatic carbocycles. The molecule has 1 unspecified atom stereocenters. The molecule has 0 aliphatic rings. The highest BCUT2D eigenvalue weighted by atomic mass is 16.5. The highest BCUT2D eigenvalue weighted by Crippen LogP contribution is 1.88. The van der Waals surface area contributed by atoms with Crippen molar-refractivity contribution in [2.75, 3.05) is 26.4 Å². The molecule has 0 aromatic heterocycles. The molecule has 0 rings (SSSR count). The van der Waals surface area contributed by atoms with E-state index in [0.717, 1.165) is 26.0 Å². The third-order valence-corrected chi connectivity index (χ3v) is 1.81. The second-order valence-electron chi connectivity index (χ2n) is 2.95. The van der Waals surface area contributed by atoms with Gasteiger partial charge in [0.1, 0.15) is 0 Å². The van der Waals surface area contributed by atoms with Crippen LogP contribution in [0.2, 0.25) is 0 Å². The van der Waals surface area contributed by atoms with Crippen LogP contribution in [0.3, 0.4) is 0 Å². The van der Waals surface area contributed by atoms with Gasteiger partial charge < -0.3 is 15.2 Å². The molecule has 0 amide bonds. The highest BCUT2D eigenvalue weighted by molar-refractivity contribution is 4.56. The Labute approximate surface area is 75.1 Å². The lowest BCUT2D eigenvalue weighted by Gasteiger charge is -2.10. The summed E-state index contributed by atoms with van der Waals surface area (Å²) in [4.78, 5) is 0. The molecule has 0 spiro atoms. The number of hydrogen-bond donors (Lipinski definition) is 2. The normalized spacial score (nSPS) is 13.2. The SMILES string of the molecule is CCC(C)NCCCOCCO. The lowest BCUT2D eigenvalue weighted by molar-refractivity contribution is 0.0904. The van der Waals surface area contributed by atoms with Crippen molar-refractivity contribution in [3.63, 3.8) is 0 Å². The Morgan fingerprint density at radius 3 is 2.75 bits per heavy atom. The van der Waals surface area contributed by atoms with Crippen molar-refractivity contribution in [2.24, 2.45) is 0 Å². The second-order valence-corrected chi connectivity index (χ2v) is 2.95. The Bertz CT molecular complexity index is 88.6. The van der Waals surface area contributed by atoms with Crippen LogP contribution in [-0.4, -0.2) is 37.5 Å². The summed E-state index contributed by atoms with van der Waals surface area (Å²) in [7, 11) is 0. The van der Waals surface area contributed by atoms with Gasteiger partial charge in [0.25, 0.3) is 0 Å². The minimum Gasteiger partial charge on any atom is -0.394 e. The van der Waals surface area contributed by atoms with E-state index in [2.05, 4.69) is 19.2 Å². The molecule has 0 bridgehead atoms. The molecular weight excluding hydrogens is 154 g/mol. The van der Waals surface area contributed by atoms with Crippen molar-refractivity contribution in [2.45, 2.75) is 32.7 Å². The zero-order valence-corrected chi connectivity index (χ0v) is 8.18. The van der Waals surface area contributed by atoms with Gasteiger partial charge in [-0.1, -0.05) is 6.92 Å². The zero-order chi connectivity index (χ0) is 9.23. The van der Waals surface area contributed by atoms with Gasteiger partial charge in [-0.05, 0) is 26.3 Å². The van der Waals surface area contributed by atoms with Crippen molar-refractivity contribution in [3.05, 3.63) is 0 Å². The summed E-state index contributed by atoms with van der Waals surface area (Å²) in [6.07, 6.45) is 2.18. The highest BCUT2D eigenvalue weighted by Gasteiger charge is 1.95. The maximum Gasteiger partial charge on any atom is 0.0697 e. The second kappa shape index (κ2) is 8.97. The molecule has 74 valence electrons. The van der Waals surface area contributed by atoms with Crippen LogP contribution in [0, 0.1) is 0 Å². The smallest absolute Gasteiger partial charge is 0.0697 e. The van der Waals surface area contributed by atoms with Crippen molar-refractivity contribution in [1.82, 2.24) is 5.32 Å². The summed E-state index contributed by atoms with van der Waals surface area (Å²) in [6.45, 7) is 6.67. The van der Waals surface area contributed by atoms with E-state index < -0.39 is 0 Å². The summed E-state index contributed by atoms with van der Waals surface area (Å²) in [5.74, 6) is 0. The van der Waals surface area contributed by atoms with E-state index in [1.165, 1.54) is 0 Å². The summed E-state index contributed by atoms with van der Waals surface area (Å²) in [6, 6.07) is 0.600. The van der Waals surface area contributed by atoms with Gasteiger partial charge >= 0.3 is 0 Å². The number of rotatable bonds is 8. The molecule has 0 saturated heterocycles. The van der Waals surface area contributed by atoms with Crippen LogP contribution in [0.4, 0.5) is 0 Å². The predicted octanol–water partition coefficient (Wildman–Crippen LogP) is 0.774. The number of aliphatic hydroxyl groups excluding tert-OH is 1. The largest absolute Gasteiger partial charge is 0.394 e. The Balaban J connectivity index is 2.90. The first kappa shape index (κ1) is 11.9. The van der Waals surface area contributed by atoms with Crippen LogP contribution >= 0.6 is 0 Å². The molecule has 12 heavy (non-hydrogen) atoms. The first-order chi connectivity index (χ1) is 5.81. The van der Waals surface area contributed by atoms with Crippen LogP contribution in [0.5, 0.6) is 0 Å². The number of ether oxygens (including phenoxy) is 1. The molecule has 3 heteroatoms. The number of hydrogen-bond acceptors (Lipinski definition) is 3. The number of aliphatic hydroxyl groups is 1. The lowest BCUT2D eigenvalue weighted by Crippen LogP contribution is -2.26. The topological polar surface area (TPSA) is 41.5 Å². The van der Waals surface area contributed by atoms with Gasteiger partial charge in [0.05, 0.1) is 13.2 Å². The summed E-state index contributed by atoms with van der Waals surface area (Å²) < 4.78 is 5.11. The Morgan fingerprint density at radius 1 is 1.42 bits per heavy atom. The van der Waals surface area contributed by atoms with Crippen molar-refractivity contribution in [1.29, 1.82) is 0 Å². The van der Waals surface area contributed by atoms with E-state index in [4.69, 9.17) is 9.84 Å². The zero-order valence-electron chi connectivity index (χ0n) is 8.18. The number of nitrogens with one attached hydrogen (secondary N) is 1. The standard InChI is InChI=1S/C9H21NO2/c1-3-9(2)10-5-4-7-12-8-6-11/h9-11H,3-8H2,1-2H3. The molecule has 0 aliphatic carbocycles. The minimum atomic E-state index is 0.124. The first-order valence-electron chi connectivity index (χ1n) is 4.73. The molecule has 0 radical (unpaired) electrons. The van der Waals surface area contributed by atoms with Gasteiger partial charge in [-0.2, -0.15) is 0 Å². The third kappa shape index (κ3) is 7.98. The van der Waals surface area contributed by atoms with E-state index in [0.29, 0.717) is 12.6 Å². The van der Waals surface area contributed by atoms with Gasteiger partial charge in [-0.25, -0.2) is 0 Å². The molecule has 1 atom stereocenters. The van der Waals surface area contributed by atoms with Crippen LogP contribution < -0.4 is 5.32 Å². The molecule has 3 nitrogen and oxygen atoms in total. The monoisotopic (exact) mass is 175 g/mol. The van der Waals surface area contributed by atoms with Crippen LogP contribution in [0.25, 0.3) is 0 Å². The summed E-state index contributed by atoms with van der Waals surface area (Å²) in [5, 5.41) is 11.8. The molecule has 0 saturated carbocycles. The minimum absolute atomic E-state index is 0.124. The van der Waals surface area contributed by atoms with E-state index in [1.807, 2.05) is 0 Å². The molecule has 0 aliphatic heterocycles. The molecule has 0 fully saturated rings. The van der Waals surface area contributed by atoms with Crippen molar-refractivity contribution >= 4 is 0 Å². The van der Waals surface area contributed by atoms with Crippen LogP contribution in [-0.2, 0) is 4.74 Å². The molecule has 2 N–H and O–H groups in total. The molecule has 0 heterocycles. The fourth-order valence-corrected chi connectivity index (χ4v) is 0.834. The van der Waals surface area contributed by atoms with E-state index in [1.54, 1.807) is 0 Å². The molecular formula is C9H21NO2. The average Bonchev–Trinajstić information content (AvgIpc) is 2.10. The third-order valence-electron chi connectivity index (χ3n) is 1.81.